The fourth-order valence-corrected chi connectivity index (χ4v) is 1.76. The van der Waals surface area contributed by atoms with E-state index in [1.807, 2.05) is 18.2 Å². The number of oxime groups is 1. The molecule has 0 spiro atoms. The van der Waals surface area contributed by atoms with Gasteiger partial charge in [-0.3, -0.25) is 0 Å². The Labute approximate surface area is 88.1 Å². The fourth-order valence-electron chi connectivity index (χ4n) is 1.76. The van der Waals surface area contributed by atoms with Crippen molar-refractivity contribution in [2.24, 2.45) is 5.16 Å². The molecule has 0 aliphatic carbocycles. The summed E-state index contributed by atoms with van der Waals surface area (Å²) in [5.74, 6) is 1.71. The number of methoxy groups -OCH3 is 1. The van der Waals surface area contributed by atoms with Crippen LogP contribution in [0, 0.1) is 0 Å². The van der Waals surface area contributed by atoms with Gasteiger partial charge in [-0.05, 0) is 12.5 Å². The van der Waals surface area contributed by atoms with Crippen molar-refractivity contribution in [3.63, 3.8) is 0 Å². The van der Waals surface area contributed by atoms with Crippen molar-refractivity contribution in [3.8, 4) is 11.5 Å². The molecule has 1 atom stereocenters. The molecule has 1 unspecified atom stereocenters. The molecule has 0 saturated carbocycles. The quantitative estimate of drug-likeness (QED) is 0.458. The topological polar surface area (TPSA) is 51.0 Å². The third-order valence-corrected chi connectivity index (χ3v) is 2.55. The van der Waals surface area contributed by atoms with E-state index in [4.69, 9.17) is 14.7 Å². The molecule has 1 N–H and O–H groups in total. The summed E-state index contributed by atoms with van der Waals surface area (Å²) in [5.41, 5.74) is 1.04. The molecule has 1 aliphatic heterocycles. The average molecular weight is 207 g/mol. The SMILES string of the molecule is COc1ccc2c(c1)OCCC2C=NO. The van der Waals surface area contributed by atoms with Crippen molar-refractivity contribution in [2.45, 2.75) is 12.3 Å². The minimum atomic E-state index is 0.129. The number of nitrogens with zero attached hydrogens (tertiary/aromatic N) is 1. The smallest absolute Gasteiger partial charge is 0.126 e. The normalized spacial score (nSPS) is 19.7. The van der Waals surface area contributed by atoms with Gasteiger partial charge in [-0.25, -0.2) is 0 Å². The van der Waals surface area contributed by atoms with Gasteiger partial charge < -0.3 is 14.7 Å². The van der Waals surface area contributed by atoms with Crippen LogP contribution in [-0.2, 0) is 0 Å². The first-order valence-corrected chi connectivity index (χ1v) is 4.83. The summed E-state index contributed by atoms with van der Waals surface area (Å²) in [6.07, 6.45) is 2.37. The zero-order valence-corrected chi connectivity index (χ0v) is 8.51. The van der Waals surface area contributed by atoms with Gasteiger partial charge in [-0.2, -0.15) is 0 Å². The van der Waals surface area contributed by atoms with Crippen LogP contribution in [0.1, 0.15) is 17.9 Å². The third-order valence-electron chi connectivity index (χ3n) is 2.55. The predicted octanol–water partition coefficient (Wildman–Crippen LogP) is 2.02. The Hall–Kier alpha value is -1.71. The molecule has 0 fully saturated rings. The molecule has 1 aromatic rings. The molecular formula is C11H13NO3. The maximum Gasteiger partial charge on any atom is 0.126 e. The Kier molecular flexibility index (Phi) is 2.76. The minimum Gasteiger partial charge on any atom is -0.497 e. The lowest BCUT2D eigenvalue weighted by Crippen LogP contribution is -2.15. The first-order chi connectivity index (χ1) is 7.35. The van der Waals surface area contributed by atoms with Gasteiger partial charge in [0.1, 0.15) is 11.5 Å². The van der Waals surface area contributed by atoms with Crippen LogP contribution in [0.4, 0.5) is 0 Å². The van der Waals surface area contributed by atoms with E-state index in [2.05, 4.69) is 5.16 Å². The standard InChI is InChI=1S/C11H13NO3/c1-14-9-2-3-10-8(7-12-13)4-5-15-11(10)6-9/h2-3,6-8,13H,4-5H2,1H3. The van der Waals surface area contributed by atoms with Crippen molar-refractivity contribution in [2.75, 3.05) is 13.7 Å². The number of rotatable bonds is 2. The van der Waals surface area contributed by atoms with Gasteiger partial charge in [-0.1, -0.05) is 6.07 Å². The second-order valence-corrected chi connectivity index (χ2v) is 3.41. The van der Waals surface area contributed by atoms with Crippen molar-refractivity contribution in [1.82, 2.24) is 0 Å². The molecular weight excluding hydrogens is 194 g/mol. The third kappa shape index (κ3) is 1.88. The summed E-state index contributed by atoms with van der Waals surface area (Å²) in [7, 11) is 1.62. The van der Waals surface area contributed by atoms with Gasteiger partial charge in [0.15, 0.2) is 0 Å². The van der Waals surface area contributed by atoms with Crippen LogP contribution in [0.3, 0.4) is 0 Å². The van der Waals surface area contributed by atoms with Crippen LogP contribution in [0.15, 0.2) is 23.4 Å². The van der Waals surface area contributed by atoms with Crippen LogP contribution < -0.4 is 9.47 Å². The molecule has 80 valence electrons. The molecule has 1 heterocycles. The van der Waals surface area contributed by atoms with Crippen molar-refractivity contribution >= 4 is 6.21 Å². The summed E-state index contributed by atoms with van der Waals surface area (Å²) in [6.45, 7) is 0.636. The molecule has 0 bridgehead atoms. The summed E-state index contributed by atoms with van der Waals surface area (Å²) >= 11 is 0. The number of ether oxygens (including phenoxy) is 2. The van der Waals surface area contributed by atoms with E-state index in [1.165, 1.54) is 6.21 Å². The van der Waals surface area contributed by atoms with E-state index in [0.717, 1.165) is 23.5 Å². The molecule has 0 saturated heterocycles. The first kappa shape index (κ1) is 9.83. The van der Waals surface area contributed by atoms with Crippen LogP contribution in [0.2, 0.25) is 0 Å². The number of hydrogen-bond acceptors (Lipinski definition) is 4. The monoisotopic (exact) mass is 207 g/mol. The molecule has 1 aromatic carbocycles. The highest BCUT2D eigenvalue weighted by Crippen LogP contribution is 2.35. The maximum absolute atomic E-state index is 8.55. The highest BCUT2D eigenvalue weighted by atomic mass is 16.5. The Morgan fingerprint density at radius 3 is 3.20 bits per heavy atom. The second kappa shape index (κ2) is 4.21. The van der Waals surface area contributed by atoms with E-state index in [-0.39, 0.29) is 5.92 Å². The lowest BCUT2D eigenvalue weighted by Gasteiger charge is -2.23. The second-order valence-electron chi connectivity index (χ2n) is 3.41. The molecule has 2 rings (SSSR count). The molecule has 4 heteroatoms. The van der Waals surface area contributed by atoms with Crippen LogP contribution in [0.25, 0.3) is 0 Å². The van der Waals surface area contributed by atoms with Gasteiger partial charge in [0.25, 0.3) is 0 Å². The summed E-state index contributed by atoms with van der Waals surface area (Å²) in [6, 6.07) is 5.68. The van der Waals surface area contributed by atoms with Crippen LogP contribution >= 0.6 is 0 Å². The van der Waals surface area contributed by atoms with Gasteiger partial charge in [0, 0.05) is 17.5 Å². The number of benzene rings is 1. The number of fused-ring (bicyclic) bond motifs is 1. The average Bonchev–Trinajstić information content (AvgIpc) is 2.29. The molecule has 1 aliphatic rings. The highest BCUT2D eigenvalue weighted by molar-refractivity contribution is 5.69. The van der Waals surface area contributed by atoms with Crippen LogP contribution in [0.5, 0.6) is 11.5 Å². The zero-order chi connectivity index (χ0) is 10.7. The lowest BCUT2D eigenvalue weighted by atomic mass is 9.94. The molecule has 0 amide bonds. The molecule has 0 aromatic heterocycles. The van der Waals surface area contributed by atoms with Crippen LogP contribution in [-0.4, -0.2) is 25.1 Å². The van der Waals surface area contributed by atoms with E-state index in [0.29, 0.717) is 6.61 Å². The van der Waals surface area contributed by atoms with Crippen molar-refractivity contribution < 1.29 is 14.7 Å². The lowest BCUT2D eigenvalue weighted by molar-refractivity contribution is 0.277. The van der Waals surface area contributed by atoms with Crippen molar-refractivity contribution in [1.29, 1.82) is 0 Å². The summed E-state index contributed by atoms with van der Waals surface area (Å²) in [4.78, 5) is 0. The molecule has 0 radical (unpaired) electrons. The zero-order valence-electron chi connectivity index (χ0n) is 8.51. The predicted molar refractivity (Wildman–Crippen MR) is 56.1 cm³/mol. The molecule has 4 nitrogen and oxygen atoms in total. The first-order valence-electron chi connectivity index (χ1n) is 4.83. The van der Waals surface area contributed by atoms with Crippen molar-refractivity contribution in [3.05, 3.63) is 23.8 Å². The Morgan fingerprint density at radius 2 is 2.47 bits per heavy atom. The Morgan fingerprint density at radius 1 is 1.60 bits per heavy atom. The summed E-state index contributed by atoms with van der Waals surface area (Å²) in [5, 5.41) is 11.6. The Balaban J connectivity index is 2.36. The van der Waals surface area contributed by atoms with E-state index in [1.54, 1.807) is 7.11 Å². The van der Waals surface area contributed by atoms with Gasteiger partial charge >= 0.3 is 0 Å². The minimum absolute atomic E-state index is 0.129. The van der Waals surface area contributed by atoms with Gasteiger partial charge in [0.05, 0.1) is 19.9 Å². The van der Waals surface area contributed by atoms with Gasteiger partial charge in [-0.15, -0.1) is 5.16 Å². The fraction of sp³-hybridized carbons (Fsp3) is 0.364. The summed E-state index contributed by atoms with van der Waals surface area (Å²) < 4.78 is 10.6. The van der Waals surface area contributed by atoms with E-state index < -0.39 is 0 Å². The van der Waals surface area contributed by atoms with Gasteiger partial charge in [0.2, 0.25) is 0 Å². The van der Waals surface area contributed by atoms with E-state index in [9.17, 15) is 0 Å². The highest BCUT2D eigenvalue weighted by Gasteiger charge is 2.20. The van der Waals surface area contributed by atoms with E-state index >= 15 is 0 Å². The largest absolute Gasteiger partial charge is 0.497 e. The number of hydrogen-bond donors (Lipinski definition) is 1. The Bertz CT molecular complexity index is 376. The molecule has 15 heavy (non-hydrogen) atoms. The maximum atomic E-state index is 8.55.